The Balaban J connectivity index is 2.04. The third-order valence-corrected chi connectivity index (χ3v) is 3.09. The van der Waals surface area contributed by atoms with Crippen molar-refractivity contribution in [3.63, 3.8) is 0 Å². The predicted molar refractivity (Wildman–Crippen MR) is 63.5 cm³/mol. The Morgan fingerprint density at radius 1 is 1.59 bits per heavy atom. The average molecular weight is 237 g/mol. The first-order valence-corrected chi connectivity index (χ1v) is 6.12. The van der Waals surface area contributed by atoms with Crippen LogP contribution in [0.15, 0.2) is 0 Å². The van der Waals surface area contributed by atoms with Gasteiger partial charge in [-0.05, 0) is 6.42 Å². The van der Waals surface area contributed by atoms with Gasteiger partial charge in [-0.2, -0.15) is 0 Å². The van der Waals surface area contributed by atoms with Crippen molar-refractivity contribution < 1.29 is 9.53 Å². The van der Waals surface area contributed by atoms with E-state index in [0.29, 0.717) is 13.0 Å². The van der Waals surface area contributed by atoms with Crippen LogP contribution < -0.4 is 5.32 Å². The number of fused-ring (bicyclic) bond motifs is 1. The number of imidazole rings is 1. The summed E-state index contributed by atoms with van der Waals surface area (Å²) in [6.45, 7) is 2.80. The molecule has 1 atom stereocenters. The summed E-state index contributed by atoms with van der Waals surface area (Å²) in [5, 5.41) is 3.14. The number of hydrogen-bond acceptors (Lipinski definition) is 4. The smallest absolute Gasteiger partial charge is 0.323 e. The molecule has 0 saturated carbocycles. The summed E-state index contributed by atoms with van der Waals surface area (Å²) in [6, 6.07) is -0.244. The molecule has 1 unspecified atom stereocenters. The summed E-state index contributed by atoms with van der Waals surface area (Å²) < 4.78 is 4.74. The number of carbonyl (C=O) groups is 1. The summed E-state index contributed by atoms with van der Waals surface area (Å²) in [6.07, 6.45) is 3.92. The van der Waals surface area contributed by atoms with Gasteiger partial charge in [-0.25, -0.2) is 4.98 Å². The number of nitrogens with one attached hydrogen (secondary N) is 2. The van der Waals surface area contributed by atoms with E-state index in [1.165, 1.54) is 7.11 Å². The summed E-state index contributed by atoms with van der Waals surface area (Å²) in [4.78, 5) is 19.3. The van der Waals surface area contributed by atoms with Gasteiger partial charge in [-0.15, -0.1) is 0 Å². The third-order valence-electron chi connectivity index (χ3n) is 3.09. The van der Waals surface area contributed by atoms with Gasteiger partial charge in [0.25, 0.3) is 0 Å². The second-order valence-corrected chi connectivity index (χ2v) is 4.37. The highest BCUT2D eigenvalue weighted by molar-refractivity contribution is 5.76. The zero-order valence-corrected chi connectivity index (χ0v) is 10.4. The van der Waals surface area contributed by atoms with Crippen LogP contribution in [0.25, 0.3) is 0 Å². The van der Waals surface area contributed by atoms with Gasteiger partial charge in [0.05, 0.1) is 12.8 Å². The van der Waals surface area contributed by atoms with Gasteiger partial charge in [-0.1, -0.05) is 13.3 Å². The largest absolute Gasteiger partial charge is 0.468 e. The van der Waals surface area contributed by atoms with Crippen LogP contribution >= 0.6 is 0 Å². The molecule has 1 aliphatic rings. The lowest BCUT2D eigenvalue weighted by atomic mass is 10.1. The normalized spacial score (nSPS) is 18.8. The minimum Gasteiger partial charge on any atom is -0.468 e. The van der Waals surface area contributed by atoms with Gasteiger partial charge in [0, 0.05) is 25.1 Å². The topological polar surface area (TPSA) is 67.0 Å². The van der Waals surface area contributed by atoms with Crippen LogP contribution in [0, 0.1) is 0 Å². The molecule has 0 aromatic carbocycles. The van der Waals surface area contributed by atoms with Crippen LogP contribution in [0.5, 0.6) is 0 Å². The molecule has 94 valence electrons. The second kappa shape index (κ2) is 5.31. The Hall–Kier alpha value is -1.36. The number of aromatic amines is 1. The highest BCUT2D eigenvalue weighted by Crippen LogP contribution is 2.16. The molecule has 17 heavy (non-hydrogen) atoms. The van der Waals surface area contributed by atoms with E-state index in [2.05, 4.69) is 22.2 Å². The van der Waals surface area contributed by atoms with Crippen molar-refractivity contribution in [1.29, 1.82) is 0 Å². The van der Waals surface area contributed by atoms with Gasteiger partial charge < -0.3 is 9.72 Å². The molecule has 5 heteroatoms. The number of ether oxygens (including phenoxy) is 1. The first-order chi connectivity index (χ1) is 8.24. The molecule has 2 N–H and O–H groups in total. The molecule has 1 aromatic rings. The Morgan fingerprint density at radius 2 is 2.41 bits per heavy atom. The molecule has 0 spiro atoms. The van der Waals surface area contributed by atoms with E-state index in [9.17, 15) is 4.79 Å². The van der Waals surface area contributed by atoms with E-state index in [1.54, 1.807) is 0 Å². The molecule has 2 heterocycles. The molecular weight excluding hydrogens is 218 g/mol. The minimum atomic E-state index is -0.244. The Labute approximate surface area is 101 Å². The number of rotatable bonds is 4. The van der Waals surface area contributed by atoms with Crippen LogP contribution in [0.4, 0.5) is 0 Å². The molecule has 5 nitrogen and oxygen atoms in total. The lowest BCUT2D eigenvalue weighted by Gasteiger charge is -2.20. The van der Waals surface area contributed by atoms with Gasteiger partial charge in [0.2, 0.25) is 0 Å². The fourth-order valence-electron chi connectivity index (χ4n) is 2.09. The number of nitrogens with zero attached hydrogens (tertiary/aromatic N) is 1. The highest BCUT2D eigenvalue weighted by atomic mass is 16.5. The summed E-state index contributed by atoms with van der Waals surface area (Å²) in [7, 11) is 1.42. The van der Waals surface area contributed by atoms with Crippen molar-refractivity contribution >= 4 is 5.97 Å². The van der Waals surface area contributed by atoms with E-state index in [-0.39, 0.29) is 12.0 Å². The van der Waals surface area contributed by atoms with Crippen molar-refractivity contribution in [1.82, 2.24) is 15.3 Å². The van der Waals surface area contributed by atoms with Crippen LogP contribution in [0.3, 0.4) is 0 Å². The average Bonchev–Trinajstić information content (AvgIpc) is 2.76. The fourth-order valence-corrected chi connectivity index (χ4v) is 2.09. The van der Waals surface area contributed by atoms with Crippen molar-refractivity contribution in [2.75, 3.05) is 7.11 Å². The number of aromatic nitrogens is 2. The zero-order chi connectivity index (χ0) is 12.3. The molecular formula is C12H19N3O2. The van der Waals surface area contributed by atoms with Gasteiger partial charge in [-0.3, -0.25) is 10.1 Å². The molecule has 1 aromatic heterocycles. The van der Waals surface area contributed by atoms with Gasteiger partial charge in [0.15, 0.2) is 0 Å². The van der Waals surface area contributed by atoms with Crippen LogP contribution in [0.2, 0.25) is 0 Å². The third kappa shape index (κ3) is 2.66. The van der Waals surface area contributed by atoms with Crippen LogP contribution in [-0.4, -0.2) is 29.1 Å². The molecule has 0 saturated heterocycles. The zero-order valence-electron chi connectivity index (χ0n) is 10.4. The van der Waals surface area contributed by atoms with E-state index < -0.39 is 0 Å². The number of methoxy groups -OCH3 is 1. The standard InChI is InChI=1S/C12H19N3O2/c1-3-4-5-11-14-8-6-9(12(16)17-2)13-7-10(8)15-11/h9,13H,3-7H2,1-2H3,(H,14,15). The quantitative estimate of drug-likeness (QED) is 0.765. The van der Waals surface area contributed by atoms with E-state index >= 15 is 0 Å². The molecule has 1 aliphatic heterocycles. The number of esters is 1. The molecule has 0 bridgehead atoms. The minimum absolute atomic E-state index is 0.208. The second-order valence-electron chi connectivity index (χ2n) is 4.37. The summed E-state index contributed by atoms with van der Waals surface area (Å²) >= 11 is 0. The number of unbranched alkanes of at least 4 members (excludes halogenated alkanes) is 1. The maximum Gasteiger partial charge on any atom is 0.323 e. The van der Waals surface area contributed by atoms with E-state index in [1.807, 2.05) is 0 Å². The predicted octanol–water partition coefficient (Wildman–Crippen LogP) is 0.940. The fraction of sp³-hybridized carbons (Fsp3) is 0.667. The SMILES string of the molecule is CCCCc1nc2c([nH]1)CC(C(=O)OC)NC2. The Morgan fingerprint density at radius 3 is 3.12 bits per heavy atom. The summed E-state index contributed by atoms with van der Waals surface area (Å²) in [5.74, 6) is 0.824. The Kier molecular flexibility index (Phi) is 3.78. The highest BCUT2D eigenvalue weighted by Gasteiger charge is 2.26. The van der Waals surface area contributed by atoms with Crippen molar-refractivity contribution in [3.8, 4) is 0 Å². The van der Waals surface area contributed by atoms with Crippen molar-refractivity contribution in [2.24, 2.45) is 0 Å². The van der Waals surface area contributed by atoms with Crippen molar-refractivity contribution in [3.05, 3.63) is 17.2 Å². The summed E-state index contributed by atoms with van der Waals surface area (Å²) in [5.41, 5.74) is 2.11. The van der Waals surface area contributed by atoms with Gasteiger partial charge >= 0.3 is 5.97 Å². The number of hydrogen-bond donors (Lipinski definition) is 2. The van der Waals surface area contributed by atoms with E-state index in [0.717, 1.165) is 36.5 Å². The van der Waals surface area contributed by atoms with E-state index in [4.69, 9.17) is 4.74 Å². The van der Waals surface area contributed by atoms with Gasteiger partial charge in [0.1, 0.15) is 11.9 Å². The van der Waals surface area contributed by atoms with Crippen LogP contribution in [-0.2, 0) is 28.9 Å². The maximum absolute atomic E-state index is 11.4. The lowest BCUT2D eigenvalue weighted by Crippen LogP contribution is -2.42. The molecule has 0 radical (unpaired) electrons. The number of aryl methyl sites for hydroxylation is 1. The number of H-pyrrole nitrogens is 1. The first-order valence-electron chi connectivity index (χ1n) is 6.12. The molecule has 0 aliphatic carbocycles. The van der Waals surface area contributed by atoms with Crippen LogP contribution in [0.1, 0.15) is 37.0 Å². The van der Waals surface area contributed by atoms with Crippen molar-refractivity contribution in [2.45, 2.75) is 45.2 Å². The molecule has 0 fully saturated rings. The monoisotopic (exact) mass is 237 g/mol. The lowest BCUT2D eigenvalue weighted by molar-refractivity contribution is -0.143. The number of carbonyl (C=O) groups excluding carboxylic acids is 1. The maximum atomic E-state index is 11.4. The first kappa shape index (κ1) is 12.1. The Bertz CT molecular complexity index is 400. The molecule has 0 amide bonds. The molecule has 2 rings (SSSR count).